The van der Waals surface area contributed by atoms with Gasteiger partial charge in [-0.15, -0.1) is 0 Å². The Kier molecular flexibility index (Phi) is 2.63. The number of hydrogen-bond acceptors (Lipinski definition) is 3. The first-order valence-electron chi connectivity index (χ1n) is 4.86. The predicted octanol–water partition coefficient (Wildman–Crippen LogP) is 2.49. The van der Waals surface area contributed by atoms with Gasteiger partial charge in [-0.05, 0) is 13.0 Å². The van der Waals surface area contributed by atoms with Crippen molar-refractivity contribution in [1.82, 2.24) is 9.97 Å². The number of anilines is 1. The summed E-state index contributed by atoms with van der Waals surface area (Å²) in [7, 11) is 1.85. The van der Waals surface area contributed by atoms with E-state index in [-0.39, 0.29) is 0 Å². The standard InChI is InChI=1S/C12H13N3/c1-9-4-3-5-10(6-9)11-7-12(13-2)15-8-14-11/h3-8H,1-2H3,(H,13,14,15). The summed E-state index contributed by atoms with van der Waals surface area (Å²) in [5.74, 6) is 0.835. The van der Waals surface area contributed by atoms with E-state index in [1.54, 1.807) is 6.33 Å². The summed E-state index contributed by atoms with van der Waals surface area (Å²) in [6.45, 7) is 2.07. The van der Waals surface area contributed by atoms with Crippen molar-refractivity contribution in [2.45, 2.75) is 6.92 Å². The Bertz CT molecular complexity index is 466. The van der Waals surface area contributed by atoms with Crippen LogP contribution in [-0.2, 0) is 0 Å². The molecule has 0 bridgehead atoms. The van der Waals surface area contributed by atoms with Crippen molar-refractivity contribution >= 4 is 5.82 Å². The predicted molar refractivity (Wildman–Crippen MR) is 61.8 cm³/mol. The minimum absolute atomic E-state index is 0.835. The largest absolute Gasteiger partial charge is 0.373 e. The van der Waals surface area contributed by atoms with Crippen molar-refractivity contribution < 1.29 is 0 Å². The third-order valence-corrected chi connectivity index (χ3v) is 2.24. The number of benzene rings is 1. The monoisotopic (exact) mass is 199 g/mol. The molecule has 0 aliphatic carbocycles. The molecule has 1 aromatic heterocycles. The molecule has 1 aromatic carbocycles. The van der Waals surface area contributed by atoms with Crippen molar-refractivity contribution in [2.24, 2.45) is 0 Å². The molecule has 3 heteroatoms. The average Bonchev–Trinajstić information content (AvgIpc) is 2.29. The first kappa shape index (κ1) is 9.65. The van der Waals surface area contributed by atoms with Gasteiger partial charge in [-0.3, -0.25) is 0 Å². The third-order valence-electron chi connectivity index (χ3n) is 2.24. The van der Waals surface area contributed by atoms with Crippen LogP contribution in [0.2, 0.25) is 0 Å². The molecule has 0 fully saturated rings. The zero-order valence-corrected chi connectivity index (χ0v) is 8.86. The van der Waals surface area contributed by atoms with E-state index in [1.165, 1.54) is 5.56 Å². The lowest BCUT2D eigenvalue weighted by atomic mass is 10.1. The highest BCUT2D eigenvalue weighted by Gasteiger charge is 2.00. The summed E-state index contributed by atoms with van der Waals surface area (Å²) in [6.07, 6.45) is 1.57. The fourth-order valence-electron chi connectivity index (χ4n) is 1.46. The van der Waals surface area contributed by atoms with Gasteiger partial charge in [-0.25, -0.2) is 9.97 Å². The number of rotatable bonds is 2. The normalized spacial score (nSPS) is 10.0. The number of nitrogens with one attached hydrogen (secondary N) is 1. The van der Waals surface area contributed by atoms with Gasteiger partial charge in [0.05, 0.1) is 5.69 Å². The van der Waals surface area contributed by atoms with Gasteiger partial charge in [0.1, 0.15) is 12.1 Å². The van der Waals surface area contributed by atoms with Crippen LogP contribution in [0, 0.1) is 6.92 Å². The molecule has 0 saturated heterocycles. The van der Waals surface area contributed by atoms with E-state index < -0.39 is 0 Å². The Morgan fingerprint density at radius 1 is 1.13 bits per heavy atom. The van der Waals surface area contributed by atoms with E-state index in [1.807, 2.05) is 19.2 Å². The van der Waals surface area contributed by atoms with Crippen molar-refractivity contribution in [3.63, 3.8) is 0 Å². The van der Waals surface area contributed by atoms with Crippen molar-refractivity contribution in [2.75, 3.05) is 12.4 Å². The Hall–Kier alpha value is -1.90. The van der Waals surface area contributed by atoms with E-state index in [0.717, 1.165) is 17.1 Å². The summed E-state index contributed by atoms with van der Waals surface area (Å²) in [5, 5.41) is 3.00. The molecule has 0 unspecified atom stereocenters. The van der Waals surface area contributed by atoms with Crippen LogP contribution >= 0.6 is 0 Å². The molecule has 0 aliphatic heterocycles. The summed E-state index contributed by atoms with van der Waals surface area (Å²) in [4.78, 5) is 8.33. The second-order valence-electron chi connectivity index (χ2n) is 3.41. The quantitative estimate of drug-likeness (QED) is 0.807. The lowest BCUT2D eigenvalue weighted by molar-refractivity contribution is 1.16. The van der Waals surface area contributed by atoms with Gasteiger partial charge in [0, 0.05) is 18.7 Å². The second-order valence-corrected chi connectivity index (χ2v) is 3.41. The van der Waals surface area contributed by atoms with Crippen molar-refractivity contribution in [3.8, 4) is 11.3 Å². The summed E-state index contributed by atoms with van der Waals surface area (Å²) >= 11 is 0. The summed E-state index contributed by atoms with van der Waals surface area (Å²) < 4.78 is 0. The maximum absolute atomic E-state index is 4.25. The van der Waals surface area contributed by atoms with Gasteiger partial charge in [-0.1, -0.05) is 23.8 Å². The number of aromatic nitrogens is 2. The van der Waals surface area contributed by atoms with Gasteiger partial charge in [-0.2, -0.15) is 0 Å². The maximum Gasteiger partial charge on any atom is 0.129 e. The fourth-order valence-corrected chi connectivity index (χ4v) is 1.46. The van der Waals surface area contributed by atoms with Crippen LogP contribution in [0.1, 0.15) is 5.56 Å². The molecule has 1 N–H and O–H groups in total. The maximum atomic E-state index is 4.25. The fraction of sp³-hybridized carbons (Fsp3) is 0.167. The van der Waals surface area contributed by atoms with Gasteiger partial charge in [0.2, 0.25) is 0 Å². The van der Waals surface area contributed by atoms with Crippen LogP contribution in [0.25, 0.3) is 11.3 Å². The Labute approximate surface area is 89.2 Å². The van der Waals surface area contributed by atoms with Crippen LogP contribution < -0.4 is 5.32 Å². The number of hydrogen-bond donors (Lipinski definition) is 1. The highest BCUT2D eigenvalue weighted by molar-refractivity contribution is 5.62. The number of aryl methyl sites for hydroxylation is 1. The molecule has 76 valence electrons. The van der Waals surface area contributed by atoms with Crippen LogP contribution in [0.4, 0.5) is 5.82 Å². The molecular formula is C12H13N3. The smallest absolute Gasteiger partial charge is 0.129 e. The zero-order valence-electron chi connectivity index (χ0n) is 8.86. The van der Waals surface area contributed by atoms with Crippen LogP contribution in [0.15, 0.2) is 36.7 Å². The van der Waals surface area contributed by atoms with E-state index in [4.69, 9.17) is 0 Å². The summed E-state index contributed by atoms with van der Waals surface area (Å²) in [6, 6.07) is 10.2. The molecule has 0 amide bonds. The topological polar surface area (TPSA) is 37.8 Å². The molecular weight excluding hydrogens is 186 g/mol. The first-order chi connectivity index (χ1) is 7.29. The molecule has 2 rings (SSSR count). The van der Waals surface area contributed by atoms with E-state index in [2.05, 4.69) is 40.4 Å². The Morgan fingerprint density at radius 3 is 2.73 bits per heavy atom. The lowest BCUT2D eigenvalue weighted by Gasteiger charge is -2.03. The highest BCUT2D eigenvalue weighted by atomic mass is 15.0. The SMILES string of the molecule is CNc1cc(-c2cccc(C)c2)ncn1. The van der Waals surface area contributed by atoms with Gasteiger partial charge < -0.3 is 5.32 Å². The molecule has 0 atom stereocenters. The molecule has 1 heterocycles. The zero-order chi connectivity index (χ0) is 10.7. The molecule has 0 spiro atoms. The van der Waals surface area contributed by atoms with Gasteiger partial charge >= 0.3 is 0 Å². The van der Waals surface area contributed by atoms with E-state index >= 15 is 0 Å². The van der Waals surface area contributed by atoms with Crippen LogP contribution in [0.3, 0.4) is 0 Å². The van der Waals surface area contributed by atoms with Crippen LogP contribution in [-0.4, -0.2) is 17.0 Å². The Morgan fingerprint density at radius 2 is 2.00 bits per heavy atom. The molecule has 0 aliphatic rings. The minimum Gasteiger partial charge on any atom is -0.373 e. The second kappa shape index (κ2) is 4.09. The molecule has 2 aromatic rings. The van der Waals surface area contributed by atoms with Crippen molar-refractivity contribution in [1.29, 1.82) is 0 Å². The molecule has 0 radical (unpaired) electrons. The van der Waals surface area contributed by atoms with Gasteiger partial charge in [0.25, 0.3) is 0 Å². The van der Waals surface area contributed by atoms with E-state index in [9.17, 15) is 0 Å². The summed E-state index contributed by atoms with van der Waals surface area (Å²) in [5.41, 5.74) is 3.30. The lowest BCUT2D eigenvalue weighted by Crippen LogP contribution is -1.94. The van der Waals surface area contributed by atoms with Gasteiger partial charge in [0.15, 0.2) is 0 Å². The average molecular weight is 199 g/mol. The molecule has 15 heavy (non-hydrogen) atoms. The molecule has 0 saturated carbocycles. The van der Waals surface area contributed by atoms with E-state index in [0.29, 0.717) is 0 Å². The van der Waals surface area contributed by atoms with Crippen LogP contribution in [0.5, 0.6) is 0 Å². The Balaban J connectivity index is 2.44. The molecule has 3 nitrogen and oxygen atoms in total. The minimum atomic E-state index is 0.835. The first-order valence-corrected chi connectivity index (χ1v) is 4.86. The third kappa shape index (κ3) is 2.13. The highest BCUT2D eigenvalue weighted by Crippen LogP contribution is 2.19. The van der Waals surface area contributed by atoms with Crippen molar-refractivity contribution in [3.05, 3.63) is 42.2 Å². The number of nitrogens with zero attached hydrogens (tertiary/aromatic N) is 2.